The number of anilines is 2. The van der Waals surface area contributed by atoms with Gasteiger partial charge in [0.2, 0.25) is 16.5 Å². The first-order valence-electron chi connectivity index (χ1n) is 8.60. The molecule has 0 aliphatic heterocycles. The molecule has 0 amide bonds. The number of aromatic nitrogens is 6. The average Bonchev–Trinajstić information content (AvgIpc) is 2.68. The molecule has 0 fully saturated rings. The zero-order chi connectivity index (χ0) is 25.3. The van der Waals surface area contributed by atoms with Crippen LogP contribution in [0.3, 0.4) is 0 Å². The molecule has 3 heterocycles. The summed E-state index contributed by atoms with van der Waals surface area (Å²) < 4.78 is 0. The number of halogens is 4. The first kappa shape index (κ1) is 34.1. The van der Waals surface area contributed by atoms with E-state index in [9.17, 15) is 14.4 Å². The zero-order valence-corrected chi connectivity index (χ0v) is 21.5. The lowest BCUT2D eigenvalue weighted by Crippen LogP contribution is -2.03. The molecule has 9 N–H and O–H groups in total. The Morgan fingerprint density at radius 3 is 1.40 bits per heavy atom. The standard InChI is InChI=1S/C6H4Cl2N2O.2C6H6ClN3O.H3N.H2O/c1-3(11)4-2-9-6(8)10-5(4)7;1-3(11)4-2-9-6(7)10-5(4)8;1-3(11)4-2-9-6(8)10-5(4)7;;/h2H,1H3;2*2H,1H3,(H2,8,9,10);1H3;1H2. The summed E-state index contributed by atoms with van der Waals surface area (Å²) in [4.78, 5) is 54.0. The molecule has 0 aliphatic carbocycles. The smallest absolute Gasteiger partial charge is 0.224 e. The Morgan fingerprint density at radius 2 is 1.03 bits per heavy atom. The van der Waals surface area contributed by atoms with Crippen molar-refractivity contribution < 1.29 is 19.9 Å². The molecule has 0 saturated carbocycles. The van der Waals surface area contributed by atoms with Gasteiger partial charge in [-0.25, -0.2) is 29.9 Å². The van der Waals surface area contributed by atoms with E-state index >= 15 is 0 Å². The van der Waals surface area contributed by atoms with Crippen LogP contribution >= 0.6 is 46.4 Å². The maximum Gasteiger partial charge on any atom is 0.224 e. The number of nitrogens with zero attached hydrogens (tertiary/aromatic N) is 6. The third kappa shape index (κ3) is 11.3. The van der Waals surface area contributed by atoms with Crippen LogP contribution in [0.25, 0.3) is 0 Å². The van der Waals surface area contributed by atoms with Gasteiger partial charge in [-0.05, 0) is 44.0 Å². The van der Waals surface area contributed by atoms with Gasteiger partial charge in [0.05, 0.1) is 16.7 Å². The van der Waals surface area contributed by atoms with Crippen LogP contribution in [0.4, 0.5) is 11.8 Å². The average molecular weight is 569 g/mol. The van der Waals surface area contributed by atoms with Gasteiger partial charge in [0.15, 0.2) is 17.3 Å². The summed E-state index contributed by atoms with van der Waals surface area (Å²) in [5.74, 6) is -0.321. The first-order valence-corrected chi connectivity index (χ1v) is 10.1. The van der Waals surface area contributed by atoms with E-state index in [0.29, 0.717) is 11.1 Å². The lowest BCUT2D eigenvalue weighted by atomic mass is 10.2. The van der Waals surface area contributed by atoms with E-state index in [-0.39, 0.29) is 67.2 Å². The molecular weight excluding hydrogens is 548 g/mol. The summed E-state index contributed by atoms with van der Waals surface area (Å²) in [5, 5.41) is 0.287. The SMILES string of the molecule is CC(=O)c1cnc(Cl)nc1Cl.CC(=O)c1cnc(Cl)nc1N.CC(=O)c1cnc(N)nc1Cl.N.O. The fraction of sp³-hybridized carbons (Fsp3) is 0.167. The number of ketones is 3. The minimum Gasteiger partial charge on any atom is -0.412 e. The van der Waals surface area contributed by atoms with Crippen molar-refractivity contribution in [1.29, 1.82) is 0 Å². The Morgan fingerprint density at radius 1 is 0.657 bits per heavy atom. The van der Waals surface area contributed by atoms with E-state index in [1.807, 2.05) is 0 Å². The molecule has 0 unspecified atom stereocenters. The second-order valence-electron chi connectivity index (χ2n) is 5.88. The van der Waals surface area contributed by atoms with Crippen LogP contribution in [0.2, 0.25) is 20.9 Å². The van der Waals surface area contributed by atoms with Crippen molar-refractivity contribution >= 4 is 75.5 Å². The van der Waals surface area contributed by atoms with Gasteiger partial charge in [-0.2, -0.15) is 0 Å². The number of carbonyl (C=O) groups excluding carboxylic acids is 3. The van der Waals surface area contributed by atoms with Gasteiger partial charge in [0, 0.05) is 18.6 Å². The van der Waals surface area contributed by atoms with Crippen LogP contribution in [-0.4, -0.2) is 52.7 Å². The van der Waals surface area contributed by atoms with Crippen LogP contribution in [0.15, 0.2) is 18.6 Å². The molecule has 0 atom stereocenters. The Balaban J connectivity index is 0. The minimum absolute atomic E-state index is 0. The molecule has 0 radical (unpaired) electrons. The van der Waals surface area contributed by atoms with Crippen molar-refractivity contribution in [2.75, 3.05) is 11.5 Å². The molecule has 190 valence electrons. The van der Waals surface area contributed by atoms with Crippen molar-refractivity contribution in [1.82, 2.24) is 36.1 Å². The Kier molecular flexibility index (Phi) is 15.4. The molecule has 0 aromatic carbocycles. The highest BCUT2D eigenvalue weighted by molar-refractivity contribution is 6.34. The van der Waals surface area contributed by atoms with Gasteiger partial charge in [0.1, 0.15) is 16.1 Å². The molecule has 3 rings (SSSR count). The van der Waals surface area contributed by atoms with E-state index < -0.39 is 0 Å². The topological polar surface area (TPSA) is 247 Å². The van der Waals surface area contributed by atoms with Gasteiger partial charge in [0.25, 0.3) is 0 Å². The van der Waals surface area contributed by atoms with Gasteiger partial charge in [-0.15, -0.1) is 0 Å². The molecule has 17 heteroatoms. The third-order valence-electron chi connectivity index (χ3n) is 3.40. The number of hydrogen-bond acceptors (Lipinski definition) is 12. The normalized spacial score (nSPS) is 9.11. The molecule has 35 heavy (non-hydrogen) atoms. The van der Waals surface area contributed by atoms with Crippen molar-refractivity contribution in [3.05, 3.63) is 56.2 Å². The third-order valence-corrected chi connectivity index (χ3v) is 4.34. The zero-order valence-electron chi connectivity index (χ0n) is 18.5. The van der Waals surface area contributed by atoms with Crippen molar-refractivity contribution in [3.63, 3.8) is 0 Å². The fourth-order valence-electron chi connectivity index (χ4n) is 1.83. The molecule has 3 aromatic rings. The fourth-order valence-corrected chi connectivity index (χ4v) is 2.68. The molecule has 0 saturated heterocycles. The summed E-state index contributed by atoms with van der Waals surface area (Å²) in [6, 6.07) is 0. The molecule has 0 aliphatic rings. The summed E-state index contributed by atoms with van der Waals surface area (Å²) in [6.45, 7) is 4.17. The number of hydrogen-bond donors (Lipinski definition) is 3. The van der Waals surface area contributed by atoms with Crippen LogP contribution in [0.5, 0.6) is 0 Å². The quantitative estimate of drug-likeness (QED) is 0.234. The summed E-state index contributed by atoms with van der Waals surface area (Å²) >= 11 is 22.0. The molecule has 0 bridgehead atoms. The van der Waals surface area contributed by atoms with E-state index in [4.69, 9.17) is 57.9 Å². The van der Waals surface area contributed by atoms with E-state index in [2.05, 4.69) is 29.9 Å². The predicted octanol–water partition coefficient (Wildman–Crippen LogP) is 3.15. The lowest BCUT2D eigenvalue weighted by molar-refractivity contribution is 0.100. The Labute approximate surface area is 219 Å². The summed E-state index contributed by atoms with van der Waals surface area (Å²) in [5.41, 5.74) is 11.5. The molecule has 13 nitrogen and oxygen atoms in total. The van der Waals surface area contributed by atoms with Gasteiger partial charge in [-0.3, -0.25) is 14.4 Å². The van der Waals surface area contributed by atoms with Crippen molar-refractivity contribution in [2.45, 2.75) is 20.8 Å². The highest BCUT2D eigenvalue weighted by Crippen LogP contribution is 2.14. The van der Waals surface area contributed by atoms with Crippen molar-refractivity contribution in [3.8, 4) is 0 Å². The van der Waals surface area contributed by atoms with E-state index in [1.54, 1.807) is 0 Å². The number of rotatable bonds is 3. The molecule has 3 aromatic heterocycles. The number of Topliss-reactive ketones (excluding diaryl/α,β-unsaturated/α-hetero) is 3. The Bertz CT molecular complexity index is 1050. The Hall–Kier alpha value is -3.07. The monoisotopic (exact) mass is 567 g/mol. The highest BCUT2D eigenvalue weighted by atomic mass is 35.5. The van der Waals surface area contributed by atoms with Crippen LogP contribution < -0.4 is 17.6 Å². The lowest BCUT2D eigenvalue weighted by Gasteiger charge is -1.98. The molecular formula is C18H21Cl4N9O4. The van der Waals surface area contributed by atoms with Gasteiger partial charge >= 0.3 is 0 Å². The second-order valence-corrected chi connectivity index (χ2v) is 7.27. The van der Waals surface area contributed by atoms with Crippen LogP contribution in [0, 0.1) is 0 Å². The number of nitrogens with two attached hydrogens (primary N) is 2. The van der Waals surface area contributed by atoms with Gasteiger partial charge in [-0.1, -0.05) is 23.2 Å². The minimum atomic E-state index is -0.174. The molecule has 0 spiro atoms. The van der Waals surface area contributed by atoms with Crippen LogP contribution in [0.1, 0.15) is 51.8 Å². The maximum atomic E-state index is 10.8. The highest BCUT2D eigenvalue weighted by Gasteiger charge is 2.08. The summed E-state index contributed by atoms with van der Waals surface area (Å²) in [7, 11) is 0. The summed E-state index contributed by atoms with van der Waals surface area (Å²) in [6.07, 6.45) is 3.93. The van der Waals surface area contributed by atoms with Crippen molar-refractivity contribution in [2.24, 2.45) is 0 Å². The van der Waals surface area contributed by atoms with E-state index in [1.165, 1.54) is 39.4 Å². The number of carbonyl (C=O) groups is 3. The van der Waals surface area contributed by atoms with Gasteiger partial charge < -0.3 is 23.1 Å². The predicted molar refractivity (Wildman–Crippen MR) is 134 cm³/mol. The van der Waals surface area contributed by atoms with Crippen LogP contribution in [-0.2, 0) is 0 Å². The van der Waals surface area contributed by atoms with E-state index in [0.717, 1.165) is 0 Å². The maximum absolute atomic E-state index is 10.8. The first-order chi connectivity index (χ1) is 15.3. The second kappa shape index (κ2) is 15.8. The largest absolute Gasteiger partial charge is 0.412 e. The number of nitrogen functional groups attached to an aromatic ring is 2.